The van der Waals surface area contributed by atoms with Crippen molar-refractivity contribution in [1.82, 2.24) is 9.55 Å². The van der Waals surface area contributed by atoms with Crippen LogP contribution in [0.1, 0.15) is 29.8 Å². The molecule has 2 rings (SSSR count). The number of nitrogens with zero attached hydrogens (tertiary/aromatic N) is 2. The van der Waals surface area contributed by atoms with E-state index in [0.29, 0.717) is 12.1 Å². The Balaban J connectivity index is 2.14. The monoisotopic (exact) mass is 246 g/mol. The summed E-state index contributed by atoms with van der Waals surface area (Å²) in [7, 11) is 0. The van der Waals surface area contributed by atoms with Crippen LogP contribution < -0.4 is 0 Å². The van der Waals surface area contributed by atoms with E-state index in [2.05, 4.69) is 4.98 Å². The third-order valence-electron chi connectivity index (χ3n) is 2.69. The second-order valence-corrected chi connectivity index (χ2v) is 4.60. The molecule has 0 radical (unpaired) electrons. The van der Waals surface area contributed by atoms with Crippen LogP contribution in [0, 0.1) is 11.7 Å². The Kier molecular flexibility index (Phi) is 3.55. The molecule has 94 valence electrons. The van der Waals surface area contributed by atoms with E-state index in [1.54, 1.807) is 18.5 Å². The van der Waals surface area contributed by atoms with Gasteiger partial charge in [0.2, 0.25) is 0 Å². The summed E-state index contributed by atoms with van der Waals surface area (Å²) in [6, 6.07) is 3.23. The Morgan fingerprint density at radius 1 is 1.44 bits per heavy atom. The molecule has 0 unspecified atom stereocenters. The molecule has 0 saturated carbocycles. The molecule has 0 aliphatic heterocycles. The highest BCUT2D eigenvalue weighted by Crippen LogP contribution is 2.11. The molecule has 3 nitrogen and oxygen atoms in total. The molecule has 0 spiro atoms. The quantitative estimate of drug-likeness (QED) is 0.777. The van der Waals surface area contributed by atoms with Crippen molar-refractivity contribution in [3.05, 3.63) is 53.9 Å². The van der Waals surface area contributed by atoms with Crippen LogP contribution >= 0.6 is 0 Å². The van der Waals surface area contributed by atoms with Crippen molar-refractivity contribution in [2.45, 2.75) is 20.4 Å². The number of aromatic nitrogens is 2. The fourth-order valence-electron chi connectivity index (χ4n) is 1.77. The first kappa shape index (κ1) is 12.5. The van der Waals surface area contributed by atoms with Crippen LogP contribution in [0.5, 0.6) is 0 Å². The zero-order valence-corrected chi connectivity index (χ0v) is 10.4. The van der Waals surface area contributed by atoms with Crippen molar-refractivity contribution in [2.75, 3.05) is 0 Å². The van der Waals surface area contributed by atoms with Crippen LogP contribution in [-0.4, -0.2) is 15.3 Å². The first-order chi connectivity index (χ1) is 8.56. The van der Waals surface area contributed by atoms with Gasteiger partial charge >= 0.3 is 0 Å². The minimum Gasteiger partial charge on any atom is -0.349 e. The lowest BCUT2D eigenvalue weighted by atomic mass is 10.0. The number of hydrogen-bond donors (Lipinski definition) is 0. The van der Waals surface area contributed by atoms with Gasteiger partial charge in [0.05, 0.1) is 6.20 Å². The third kappa shape index (κ3) is 2.83. The highest BCUT2D eigenvalue weighted by atomic mass is 19.1. The average molecular weight is 246 g/mol. The van der Waals surface area contributed by atoms with Crippen molar-refractivity contribution >= 4 is 5.78 Å². The molecular weight excluding hydrogens is 231 g/mol. The lowest BCUT2D eigenvalue weighted by Gasteiger charge is -2.03. The van der Waals surface area contributed by atoms with Gasteiger partial charge in [-0.3, -0.25) is 9.78 Å². The summed E-state index contributed by atoms with van der Waals surface area (Å²) in [5.74, 6) is -0.249. The van der Waals surface area contributed by atoms with Gasteiger partial charge in [-0.15, -0.1) is 0 Å². The van der Waals surface area contributed by atoms with Crippen molar-refractivity contribution in [2.24, 2.45) is 5.92 Å². The number of pyridine rings is 1. The number of carbonyl (C=O) groups is 1. The van der Waals surface area contributed by atoms with E-state index in [1.165, 1.54) is 12.3 Å². The topological polar surface area (TPSA) is 34.9 Å². The zero-order chi connectivity index (χ0) is 13.1. The molecule has 18 heavy (non-hydrogen) atoms. The van der Waals surface area contributed by atoms with Crippen LogP contribution in [0.25, 0.3) is 0 Å². The summed E-state index contributed by atoms with van der Waals surface area (Å²) in [5.41, 5.74) is 1.46. The Bertz CT molecular complexity index is 560. The highest BCUT2D eigenvalue weighted by molar-refractivity contribution is 5.97. The fraction of sp³-hybridized carbons (Fsp3) is 0.286. The first-order valence-corrected chi connectivity index (χ1v) is 5.85. The van der Waals surface area contributed by atoms with Crippen LogP contribution in [0.4, 0.5) is 4.39 Å². The maximum atomic E-state index is 13.0. The molecule has 4 heteroatoms. The normalized spacial score (nSPS) is 10.9. The van der Waals surface area contributed by atoms with E-state index < -0.39 is 0 Å². The summed E-state index contributed by atoms with van der Waals surface area (Å²) in [6.45, 7) is 4.25. The van der Waals surface area contributed by atoms with E-state index >= 15 is 0 Å². The van der Waals surface area contributed by atoms with Crippen LogP contribution in [0.15, 0.2) is 36.9 Å². The molecule has 0 atom stereocenters. The Hall–Kier alpha value is -1.97. The standard InChI is InChI=1S/C14H15FN2O/c1-10(2)14(18)12-3-4-17(9-12)8-11-5-13(15)7-16-6-11/h3-7,9-10H,8H2,1-2H3. The summed E-state index contributed by atoms with van der Waals surface area (Å²) in [6.07, 6.45) is 6.40. The molecule has 0 aliphatic rings. The summed E-state index contributed by atoms with van der Waals surface area (Å²) >= 11 is 0. The number of Topliss-reactive ketones (excluding diaryl/α,β-unsaturated/α-hetero) is 1. The first-order valence-electron chi connectivity index (χ1n) is 5.85. The lowest BCUT2D eigenvalue weighted by Crippen LogP contribution is -2.06. The predicted molar refractivity (Wildman–Crippen MR) is 66.9 cm³/mol. The van der Waals surface area contributed by atoms with Crippen molar-refractivity contribution in [3.8, 4) is 0 Å². The SMILES string of the molecule is CC(C)C(=O)c1ccn(Cc2cncc(F)c2)c1. The average Bonchev–Trinajstić information content (AvgIpc) is 2.76. The molecule has 0 fully saturated rings. The van der Waals surface area contributed by atoms with Crippen molar-refractivity contribution in [3.63, 3.8) is 0 Å². The fourth-order valence-corrected chi connectivity index (χ4v) is 1.77. The second-order valence-electron chi connectivity index (χ2n) is 4.60. The summed E-state index contributed by atoms with van der Waals surface area (Å²) in [5, 5.41) is 0. The van der Waals surface area contributed by atoms with E-state index in [1.807, 2.05) is 24.6 Å². The number of carbonyl (C=O) groups excluding carboxylic acids is 1. The van der Waals surface area contributed by atoms with Gasteiger partial charge in [0, 0.05) is 36.6 Å². The van der Waals surface area contributed by atoms with Gasteiger partial charge in [-0.05, 0) is 17.7 Å². The number of halogens is 1. The third-order valence-corrected chi connectivity index (χ3v) is 2.69. The van der Waals surface area contributed by atoms with Gasteiger partial charge in [-0.2, -0.15) is 0 Å². The minimum absolute atomic E-state index is 0.0170. The van der Waals surface area contributed by atoms with E-state index in [4.69, 9.17) is 0 Å². The van der Waals surface area contributed by atoms with Gasteiger partial charge in [0.25, 0.3) is 0 Å². The molecule has 0 bridgehead atoms. The smallest absolute Gasteiger partial charge is 0.166 e. The summed E-state index contributed by atoms with van der Waals surface area (Å²) < 4.78 is 14.8. The van der Waals surface area contributed by atoms with Crippen molar-refractivity contribution < 1.29 is 9.18 Å². The Labute approximate surface area is 105 Å². The van der Waals surface area contributed by atoms with Crippen molar-refractivity contribution in [1.29, 1.82) is 0 Å². The zero-order valence-electron chi connectivity index (χ0n) is 10.4. The number of rotatable bonds is 4. The molecule has 0 saturated heterocycles. The van der Waals surface area contributed by atoms with Crippen LogP contribution in [-0.2, 0) is 6.54 Å². The minimum atomic E-state index is -0.349. The predicted octanol–water partition coefficient (Wildman–Crippen LogP) is 2.91. The lowest BCUT2D eigenvalue weighted by molar-refractivity contribution is 0.0939. The van der Waals surface area contributed by atoms with E-state index in [9.17, 15) is 9.18 Å². The molecular formula is C14H15FN2O. The van der Waals surface area contributed by atoms with Gasteiger partial charge < -0.3 is 4.57 Å². The van der Waals surface area contributed by atoms with Gasteiger partial charge in [-0.1, -0.05) is 13.8 Å². The largest absolute Gasteiger partial charge is 0.349 e. The second kappa shape index (κ2) is 5.12. The molecule has 2 heterocycles. The highest BCUT2D eigenvalue weighted by Gasteiger charge is 2.11. The van der Waals surface area contributed by atoms with Gasteiger partial charge in [0.15, 0.2) is 5.78 Å². The number of hydrogen-bond acceptors (Lipinski definition) is 2. The molecule has 0 aliphatic carbocycles. The number of ketones is 1. The molecule has 2 aromatic heterocycles. The summed E-state index contributed by atoms with van der Waals surface area (Å²) in [4.78, 5) is 15.6. The van der Waals surface area contributed by atoms with Gasteiger partial charge in [-0.25, -0.2) is 4.39 Å². The van der Waals surface area contributed by atoms with E-state index in [-0.39, 0.29) is 17.5 Å². The van der Waals surface area contributed by atoms with Crippen LogP contribution in [0.2, 0.25) is 0 Å². The Morgan fingerprint density at radius 3 is 2.89 bits per heavy atom. The molecule has 2 aromatic rings. The molecule has 0 aromatic carbocycles. The Morgan fingerprint density at radius 2 is 2.22 bits per heavy atom. The molecule has 0 amide bonds. The van der Waals surface area contributed by atoms with Gasteiger partial charge in [0.1, 0.15) is 5.82 Å². The maximum Gasteiger partial charge on any atom is 0.166 e. The van der Waals surface area contributed by atoms with E-state index in [0.717, 1.165) is 5.56 Å². The molecule has 0 N–H and O–H groups in total. The van der Waals surface area contributed by atoms with Crippen LogP contribution in [0.3, 0.4) is 0 Å². The maximum absolute atomic E-state index is 13.0.